The van der Waals surface area contributed by atoms with Crippen molar-refractivity contribution in [1.82, 2.24) is 9.38 Å². The second-order valence-corrected chi connectivity index (χ2v) is 3.89. The highest BCUT2D eigenvalue weighted by molar-refractivity contribution is 7.17. The molecule has 13 heavy (non-hydrogen) atoms. The number of nitrogens with two attached hydrogens (primary N) is 1. The smallest absolute Gasteiger partial charge is 0.194 e. The van der Waals surface area contributed by atoms with Gasteiger partial charge in [0.1, 0.15) is 6.10 Å². The monoisotopic (exact) mass is 197 g/mol. The van der Waals surface area contributed by atoms with Crippen LogP contribution >= 0.6 is 11.3 Å². The molecular formula is C8H11N3OS. The van der Waals surface area contributed by atoms with Crippen molar-refractivity contribution in [3.05, 3.63) is 23.0 Å². The van der Waals surface area contributed by atoms with E-state index in [9.17, 15) is 5.11 Å². The van der Waals surface area contributed by atoms with Crippen molar-refractivity contribution in [1.29, 1.82) is 0 Å². The third-order valence-electron chi connectivity index (χ3n) is 2.05. The average Bonchev–Trinajstić information content (AvgIpc) is 2.68. The molecule has 0 fully saturated rings. The van der Waals surface area contributed by atoms with Gasteiger partial charge in [-0.3, -0.25) is 4.40 Å². The summed E-state index contributed by atoms with van der Waals surface area (Å²) >= 11 is 1.49. The van der Waals surface area contributed by atoms with Crippen LogP contribution in [0.3, 0.4) is 0 Å². The summed E-state index contributed by atoms with van der Waals surface area (Å²) < 4.78 is 1.96. The van der Waals surface area contributed by atoms with Crippen molar-refractivity contribution >= 4 is 16.3 Å². The molecular weight excluding hydrogens is 186 g/mol. The lowest BCUT2D eigenvalue weighted by atomic mass is 10.2. The van der Waals surface area contributed by atoms with Gasteiger partial charge in [0, 0.05) is 24.6 Å². The molecule has 1 atom stereocenters. The van der Waals surface area contributed by atoms with Gasteiger partial charge in [-0.25, -0.2) is 4.98 Å². The first kappa shape index (κ1) is 8.68. The van der Waals surface area contributed by atoms with Crippen LogP contribution in [0.2, 0.25) is 0 Å². The van der Waals surface area contributed by atoms with Gasteiger partial charge in [-0.1, -0.05) is 11.3 Å². The van der Waals surface area contributed by atoms with E-state index in [4.69, 9.17) is 5.73 Å². The first-order valence-corrected chi connectivity index (χ1v) is 4.86. The van der Waals surface area contributed by atoms with E-state index >= 15 is 0 Å². The van der Waals surface area contributed by atoms with Crippen molar-refractivity contribution in [3.63, 3.8) is 0 Å². The first-order valence-electron chi connectivity index (χ1n) is 4.04. The quantitative estimate of drug-likeness (QED) is 0.744. The third kappa shape index (κ3) is 1.25. The molecule has 2 aromatic rings. The summed E-state index contributed by atoms with van der Waals surface area (Å²) in [5.41, 5.74) is 6.41. The van der Waals surface area contributed by atoms with Crippen LogP contribution in [0.1, 0.15) is 16.7 Å². The molecule has 0 spiro atoms. The fraction of sp³-hybridized carbons (Fsp3) is 0.375. The van der Waals surface area contributed by atoms with Crippen molar-refractivity contribution in [2.24, 2.45) is 5.73 Å². The number of hydrogen-bond donors (Lipinski definition) is 2. The second kappa shape index (κ2) is 3.10. The SMILES string of the molecule is Cc1c(C(O)CN)sc2nccn12. The van der Waals surface area contributed by atoms with Gasteiger partial charge in [0.15, 0.2) is 4.96 Å². The number of thiazole rings is 1. The molecule has 0 aliphatic rings. The predicted octanol–water partition coefficient (Wildman–Crippen LogP) is 0.696. The van der Waals surface area contributed by atoms with E-state index in [1.807, 2.05) is 17.5 Å². The number of imidazole rings is 1. The van der Waals surface area contributed by atoms with Gasteiger partial charge in [-0.2, -0.15) is 0 Å². The average molecular weight is 197 g/mol. The van der Waals surface area contributed by atoms with Crippen molar-refractivity contribution in [2.45, 2.75) is 13.0 Å². The summed E-state index contributed by atoms with van der Waals surface area (Å²) in [5, 5.41) is 9.57. The van der Waals surface area contributed by atoms with Crippen LogP contribution in [0.15, 0.2) is 12.4 Å². The molecule has 0 saturated carbocycles. The Bertz CT molecular complexity index is 420. The van der Waals surface area contributed by atoms with Gasteiger partial charge in [0.25, 0.3) is 0 Å². The van der Waals surface area contributed by atoms with Gasteiger partial charge in [-0.05, 0) is 6.92 Å². The van der Waals surface area contributed by atoms with E-state index in [0.717, 1.165) is 15.5 Å². The topological polar surface area (TPSA) is 63.5 Å². The van der Waals surface area contributed by atoms with Crippen LogP contribution in [0.5, 0.6) is 0 Å². The Morgan fingerprint density at radius 1 is 1.77 bits per heavy atom. The highest BCUT2D eigenvalue weighted by Crippen LogP contribution is 2.26. The lowest BCUT2D eigenvalue weighted by Crippen LogP contribution is -2.11. The maximum atomic E-state index is 9.57. The fourth-order valence-corrected chi connectivity index (χ4v) is 2.41. The van der Waals surface area contributed by atoms with E-state index in [2.05, 4.69) is 4.98 Å². The molecule has 4 nitrogen and oxygen atoms in total. The number of aliphatic hydroxyl groups excluding tert-OH is 1. The molecule has 70 valence electrons. The van der Waals surface area contributed by atoms with Gasteiger partial charge >= 0.3 is 0 Å². The lowest BCUT2D eigenvalue weighted by molar-refractivity contribution is 0.189. The molecule has 2 rings (SSSR count). The standard InChI is InChI=1S/C8H11N3OS/c1-5-7(6(12)4-9)13-8-10-2-3-11(5)8/h2-3,6,12H,4,9H2,1H3. The van der Waals surface area contributed by atoms with Crippen LogP contribution in [0.25, 0.3) is 4.96 Å². The fourth-order valence-electron chi connectivity index (χ4n) is 1.33. The van der Waals surface area contributed by atoms with Crippen LogP contribution in [0.4, 0.5) is 0 Å². The number of rotatable bonds is 2. The molecule has 0 aliphatic carbocycles. The predicted molar refractivity (Wildman–Crippen MR) is 51.8 cm³/mol. The van der Waals surface area contributed by atoms with Gasteiger partial charge in [0.2, 0.25) is 0 Å². The van der Waals surface area contributed by atoms with Gasteiger partial charge < -0.3 is 10.8 Å². The zero-order valence-electron chi connectivity index (χ0n) is 7.27. The molecule has 0 bridgehead atoms. The Morgan fingerprint density at radius 3 is 3.15 bits per heavy atom. The maximum Gasteiger partial charge on any atom is 0.194 e. The normalized spacial score (nSPS) is 13.8. The van der Waals surface area contributed by atoms with Crippen molar-refractivity contribution < 1.29 is 5.11 Å². The number of nitrogens with zero attached hydrogens (tertiary/aromatic N) is 2. The summed E-state index contributed by atoms with van der Waals surface area (Å²) in [5.74, 6) is 0. The largest absolute Gasteiger partial charge is 0.386 e. The molecule has 0 saturated heterocycles. The van der Waals surface area contributed by atoms with Crippen LogP contribution < -0.4 is 5.73 Å². The van der Waals surface area contributed by atoms with E-state index in [1.165, 1.54) is 11.3 Å². The van der Waals surface area contributed by atoms with E-state index in [-0.39, 0.29) is 6.54 Å². The Labute approximate surface area is 79.6 Å². The van der Waals surface area contributed by atoms with Crippen LogP contribution in [-0.4, -0.2) is 21.0 Å². The van der Waals surface area contributed by atoms with Crippen LogP contribution in [-0.2, 0) is 0 Å². The minimum Gasteiger partial charge on any atom is -0.386 e. The summed E-state index contributed by atoms with van der Waals surface area (Å²) in [6.45, 7) is 2.21. The summed E-state index contributed by atoms with van der Waals surface area (Å²) in [4.78, 5) is 5.96. The molecule has 0 aromatic carbocycles. The number of aromatic nitrogens is 2. The molecule has 1 unspecified atom stereocenters. The lowest BCUT2D eigenvalue weighted by Gasteiger charge is -2.04. The highest BCUT2D eigenvalue weighted by atomic mass is 32.1. The van der Waals surface area contributed by atoms with Crippen LogP contribution in [0, 0.1) is 6.92 Å². The Hall–Kier alpha value is -0.910. The molecule has 0 radical (unpaired) electrons. The number of aryl methyl sites for hydroxylation is 1. The maximum absolute atomic E-state index is 9.57. The Balaban J connectivity index is 2.57. The first-order chi connectivity index (χ1) is 6.24. The summed E-state index contributed by atoms with van der Waals surface area (Å²) in [7, 11) is 0. The Morgan fingerprint density at radius 2 is 2.54 bits per heavy atom. The van der Waals surface area contributed by atoms with E-state index in [0.29, 0.717) is 0 Å². The number of fused-ring (bicyclic) bond motifs is 1. The molecule has 0 aliphatic heterocycles. The molecule has 3 N–H and O–H groups in total. The number of hydrogen-bond acceptors (Lipinski definition) is 4. The van der Waals surface area contributed by atoms with Gasteiger partial charge in [-0.15, -0.1) is 0 Å². The third-order valence-corrected chi connectivity index (χ3v) is 3.32. The zero-order valence-corrected chi connectivity index (χ0v) is 8.08. The minimum absolute atomic E-state index is 0.254. The zero-order chi connectivity index (χ0) is 9.42. The van der Waals surface area contributed by atoms with Crippen molar-refractivity contribution in [2.75, 3.05) is 6.54 Å². The van der Waals surface area contributed by atoms with E-state index in [1.54, 1.807) is 6.20 Å². The summed E-state index contributed by atoms with van der Waals surface area (Å²) in [6.07, 6.45) is 3.07. The van der Waals surface area contributed by atoms with E-state index < -0.39 is 6.10 Å². The highest BCUT2D eigenvalue weighted by Gasteiger charge is 2.14. The molecule has 0 amide bonds. The Kier molecular flexibility index (Phi) is 2.07. The second-order valence-electron chi connectivity index (χ2n) is 2.88. The molecule has 2 aromatic heterocycles. The molecule has 2 heterocycles. The minimum atomic E-state index is -0.563. The van der Waals surface area contributed by atoms with Gasteiger partial charge in [0.05, 0.1) is 4.88 Å². The number of aliphatic hydroxyl groups is 1. The summed E-state index contributed by atoms with van der Waals surface area (Å²) in [6, 6.07) is 0. The molecule has 5 heteroatoms. The van der Waals surface area contributed by atoms with Crippen molar-refractivity contribution in [3.8, 4) is 0 Å².